The SMILES string of the molecule is Cl.NC(=NCc1ccc(Cl)cc1)c1cccn(Cc2ccccc2)c1=O. The summed E-state index contributed by atoms with van der Waals surface area (Å²) >= 11 is 5.87. The topological polar surface area (TPSA) is 60.4 Å². The van der Waals surface area contributed by atoms with Gasteiger partial charge in [0.05, 0.1) is 18.7 Å². The number of nitrogens with zero attached hydrogens (tertiary/aromatic N) is 2. The first-order chi connectivity index (χ1) is 12.1. The van der Waals surface area contributed by atoms with Gasteiger partial charge in [0.2, 0.25) is 0 Å². The van der Waals surface area contributed by atoms with Gasteiger partial charge in [0.15, 0.2) is 0 Å². The van der Waals surface area contributed by atoms with Crippen molar-refractivity contribution in [1.29, 1.82) is 0 Å². The van der Waals surface area contributed by atoms with E-state index in [0.29, 0.717) is 23.7 Å². The first-order valence-corrected chi connectivity index (χ1v) is 8.29. The third kappa shape index (κ3) is 4.97. The quantitative estimate of drug-likeness (QED) is 0.533. The van der Waals surface area contributed by atoms with Crippen LogP contribution in [0.1, 0.15) is 16.7 Å². The molecule has 0 fully saturated rings. The van der Waals surface area contributed by atoms with Crippen LogP contribution in [0.25, 0.3) is 0 Å². The second-order valence-electron chi connectivity index (χ2n) is 5.67. The Labute approximate surface area is 163 Å². The number of rotatable bonds is 5. The predicted molar refractivity (Wildman–Crippen MR) is 109 cm³/mol. The Morgan fingerprint density at radius 1 is 0.962 bits per heavy atom. The molecule has 0 aliphatic carbocycles. The van der Waals surface area contributed by atoms with Crippen LogP contribution in [-0.4, -0.2) is 10.4 Å². The third-order valence-electron chi connectivity index (χ3n) is 3.84. The average molecular weight is 388 g/mol. The molecular formula is C20H19Cl2N3O. The number of halogens is 2. The summed E-state index contributed by atoms with van der Waals surface area (Å²) in [5.74, 6) is 0.238. The highest BCUT2D eigenvalue weighted by molar-refractivity contribution is 6.30. The van der Waals surface area contributed by atoms with Crippen molar-refractivity contribution in [1.82, 2.24) is 4.57 Å². The highest BCUT2D eigenvalue weighted by Crippen LogP contribution is 2.10. The molecule has 0 saturated carbocycles. The molecule has 0 atom stereocenters. The molecule has 1 heterocycles. The lowest BCUT2D eigenvalue weighted by atomic mass is 10.2. The Hall–Kier alpha value is -2.56. The standard InChI is InChI=1S/C20H18ClN3O.ClH/c21-17-10-8-15(9-11-17)13-23-19(22)18-7-4-12-24(20(18)25)14-16-5-2-1-3-6-16;/h1-12H,13-14H2,(H2,22,23);1H. The molecule has 0 aliphatic heterocycles. The minimum Gasteiger partial charge on any atom is -0.383 e. The van der Waals surface area contributed by atoms with Crippen LogP contribution in [0.2, 0.25) is 5.02 Å². The highest BCUT2D eigenvalue weighted by atomic mass is 35.5. The van der Waals surface area contributed by atoms with Gasteiger partial charge in [0.1, 0.15) is 5.84 Å². The molecule has 3 rings (SSSR count). The summed E-state index contributed by atoms with van der Waals surface area (Å²) in [6.45, 7) is 0.897. The zero-order valence-electron chi connectivity index (χ0n) is 14.0. The smallest absolute Gasteiger partial charge is 0.261 e. The minimum absolute atomic E-state index is 0. The molecule has 3 aromatic rings. The van der Waals surface area contributed by atoms with Gasteiger partial charge in [-0.05, 0) is 35.4 Å². The van der Waals surface area contributed by atoms with Crippen molar-refractivity contribution >= 4 is 29.8 Å². The van der Waals surface area contributed by atoms with Crippen LogP contribution in [0.3, 0.4) is 0 Å². The summed E-state index contributed by atoms with van der Waals surface area (Å²) in [6, 6.07) is 20.7. The largest absolute Gasteiger partial charge is 0.383 e. The van der Waals surface area contributed by atoms with Gasteiger partial charge in [-0.3, -0.25) is 9.79 Å². The molecule has 26 heavy (non-hydrogen) atoms. The van der Waals surface area contributed by atoms with Crippen molar-refractivity contribution in [3.05, 3.63) is 105 Å². The lowest BCUT2D eigenvalue weighted by Gasteiger charge is -2.08. The number of hydrogen-bond donors (Lipinski definition) is 1. The molecule has 2 aromatic carbocycles. The van der Waals surface area contributed by atoms with Gasteiger partial charge in [0.25, 0.3) is 5.56 Å². The molecule has 134 valence electrons. The maximum atomic E-state index is 12.7. The molecule has 4 nitrogen and oxygen atoms in total. The van der Waals surface area contributed by atoms with E-state index in [1.54, 1.807) is 29.0 Å². The number of aliphatic imine (C=N–C) groups is 1. The third-order valence-corrected chi connectivity index (χ3v) is 4.09. The fraction of sp³-hybridized carbons (Fsp3) is 0.100. The van der Waals surface area contributed by atoms with E-state index in [-0.39, 0.29) is 23.8 Å². The van der Waals surface area contributed by atoms with E-state index < -0.39 is 0 Å². The molecule has 6 heteroatoms. The van der Waals surface area contributed by atoms with Gasteiger partial charge in [0, 0.05) is 11.2 Å². The van der Waals surface area contributed by atoms with E-state index in [1.807, 2.05) is 48.5 Å². The highest BCUT2D eigenvalue weighted by Gasteiger charge is 2.07. The Morgan fingerprint density at radius 3 is 2.35 bits per heavy atom. The first-order valence-electron chi connectivity index (χ1n) is 7.91. The van der Waals surface area contributed by atoms with Gasteiger partial charge >= 0.3 is 0 Å². The summed E-state index contributed by atoms with van der Waals surface area (Å²) in [6.07, 6.45) is 1.76. The van der Waals surface area contributed by atoms with Crippen molar-refractivity contribution in [2.24, 2.45) is 10.7 Å². The summed E-state index contributed by atoms with van der Waals surface area (Å²) < 4.78 is 1.63. The molecular weight excluding hydrogens is 369 g/mol. The van der Waals surface area contributed by atoms with Gasteiger partial charge < -0.3 is 10.3 Å². The van der Waals surface area contributed by atoms with E-state index in [1.165, 1.54) is 0 Å². The molecule has 0 radical (unpaired) electrons. The van der Waals surface area contributed by atoms with Crippen molar-refractivity contribution in [3.63, 3.8) is 0 Å². The maximum Gasteiger partial charge on any atom is 0.261 e. The number of aromatic nitrogens is 1. The van der Waals surface area contributed by atoms with E-state index in [0.717, 1.165) is 11.1 Å². The predicted octanol–water partition coefficient (Wildman–Crippen LogP) is 3.88. The summed E-state index contributed by atoms with van der Waals surface area (Å²) in [5, 5.41) is 0.674. The summed E-state index contributed by atoms with van der Waals surface area (Å²) in [5.41, 5.74) is 8.34. The zero-order valence-corrected chi connectivity index (χ0v) is 15.6. The number of benzene rings is 2. The fourth-order valence-corrected chi connectivity index (χ4v) is 2.61. The van der Waals surface area contributed by atoms with E-state index in [2.05, 4.69) is 4.99 Å². The van der Waals surface area contributed by atoms with Crippen LogP contribution in [-0.2, 0) is 13.1 Å². The average Bonchev–Trinajstić information content (AvgIpc) is 2.63. The lowest BCUT2D eigenvalue weighted by molar-refractivity contribution is 0.757. The monoisotopic (exact) mass is 387 g/mol. The Balaban J connectivity index is 0.00000243. The Kier molecular flexibility index (Phi) is 7.01. The van der Waals surface area contributed by atoms with E-state index >= 15 is 0 Å². The van der Waals surface area contributed by atoms with Crippen molar-refractivity contribution in [2.45, 2.75) is 13.1 Å². The van der Waals surface area contributed by atoms with Crippen LogP contribution in [0.4, 0.5) is 0 Å². The second-order valence-corrected chi connectivity index (χ2v) is 6.10. The normalized spacial score (nSPS) is 11.0. The maximum absolute atomic E-state index is 12.7. The first kappa shape index (κ1) is 19.8. The van der Waals surface area contributed by atoms with Crippen molar-refractivity contribution in [2.75, 3.05) is 0 Å². The summed E-state index contributed by atoms with van der Waals surface area (Å²) in [4.78, 5) is 17.0. The van der Waals surface area contributed by atoms with Crippen molar-refractivity contribution in [3.8, 4) is 0 Å². The number of pyridine rings is 1. The lowest BCUT2D eigenvalue weighted by Crippen LogP contribution is -2.30. The molecule has 0 aliphatic rings. The van der Waals surface area contributed by atoms with Crippen LogP contribution in [0.15, 0.2) is 82.7 Å². The zero-order chi connectivity index (χ0) is 17.6. The second kappa shape index (κ2) is 9.22. The van der Waals surface area contributed by atoms with Crippen LogP contribution < -0.4 is 11.3 Å². The summed E-state index contributed by atoms with van der Waals surface area (Å²) in [7, 11) is 0. The molecule has 2 N–H and O–H groups in total. The molecule has 0 spiro atoms. The number of nitrogens with two attached hydrogens (primary N) is 1. The molecule has 0 amide bonds. The Bertz CT molecular complexity index is 935. The van der Waals surface area contributed by atoms with E-state index in [4.69, 9.17) is 17.3 Å². The number of amidine groups is 1. The molecule has 0 bridgehead atoms. The fourth-order valence-electron chi connectivity index (χ4n) is 2.49. The minimum atomic E-state index is -0.149. The molecule has 0 unspecified atom stereocenters. The van der Waals surface area contributed by atoms with Crippen LogP contribution >= 0.6 is 24.0 Å². The molecule has 0 saturated heterocycles. The van der Waals surface area contributed by atoms with Crippen LogP contribution in [0.5, 0.6) is 0 Å². The van der Waals surface area contributed by atoms with Crippen LogP contribution in [0, 0.1) is 0 Å². The van der Waals surface area contributed by atoms with Gasteiger partial charge in [-0.2, -0.15) is 0 Å². The van der Waals surface area contributed by atoms with Gasteiger partial charge in [-0.15, -0.1) is 12.4 Å². The molecule has 1 aromatic heterocycles. The number of hydrogen-bond acceptors (Lipinski definition) is 2. The van der Waals surface area contributed by atoms with Gasteiger partial charge in [-0.25, -0.2) is 0 Å². The van der Waals surface area contributed by atoms with E-state index in [9.17, 15) is 4.79 Å². The Morgan fingerprint density at radius 2 is 1.65 bits per heavy atom. The van der Waals surface area contributed by atoms with Crippen molar-refractivity contribution < 1.29 is 0 Å². The van der Waals surface area contributed by atoms with Gasteiger partial charge in [-0.1, -0.05) is 54.1 Å².